The Morgan fingerprint density at radius 2 is 1.00 bits per heavy atom. The summed E-state index contributed by atoms with van der Waals surface area (Å²) in [6, 6.07) is 0. The molecule has 0 atom stereocenters. The van der Waals surface area contributed by atoms with Crippen LogP contribution in [0, 0.1) is 0 Å². The Hall–Kier alpha value is 1.21. The summed E-state index contributed by atoms with van der Waals surface area (Å²) >= 11 is 0. The Kier molecular flexibility index (Phi) is 50.5. The van der Waals surface area contributed by atoms with Crippen molar-refractivity contribution in [1.82, 2.24) is 0 Å². The number of hydrogen-bond donors (Lipinski definition) is 0. The molecule has 0 heterocycles. The third-order valence-corrected chi connectivity index (χ3v) is 0.167. The van der Waals surface area contributed by atoms with Gasteiger partial charge in [-0.1, -0.05) is 0 Å². The van der Waals surface area contributed by atoms with Gasteiger partial charge in [0, 0.05) is 0 Å². The number of carboxylic acid groups (broad SMARTS) is 2. The van der Waals surface area contributed by atoms with Gasteiger partial charge >= 0.3 is 73.1 Å². The molecule has 0 aliphatic carbocycles. The zero-order chi connectivity index (χ0) is 5.15. The van der Waals surface area contributed by atoms with Crippen molar-refractivity contribution in [2.75, 3.05) is 0 Å². The molecule has 0 aromatic heterocycles. The molecular weight excluding hydrogens is 207 g/mol. The minimum absolute atomic E-state index is 0. The Balaban J connectivity index is -0.0000000208. The van der Waals surface area contributed by atoms with Crippen molar-refractivity contribution in [1.29, 1.82) is 0 Å². The summed E-state index contributed by atoms with van der Waals surface area (Å²) in [4.78, 5) is 17.9. The Morgan fingerprint density at radius 3 is 1.00 bits per heavy atom. The van der Waals surface area contributed by atoms with Crippen molar-refractivity contribution in [2.45, 2.75) is 0 Å². The summed E-state index contributed by atoms with van der Waals surface area (Å²) in [5.74, 6) is -4.37. The summed E-state index contributed by atoms with van der Waals surface area (Å²) in [5.41, 5.74) is 0. The van der Waals surface area contributed by atoms with Crippen LogP contribution in [0.2, 0.25) is 0 Å². The van der Waals surface area contributed by atoms with Gasteiger partial charge in [0.1, 0.15) is 0 Å². The molecular formula is C2H4KO6Ti+3. The molecule has 0 spiro atoms. The van der Waals surface area contributed by atoms with Gasteiger partial charge < -0.3 is 30.8 Å². The molecule has 0 rings (SSSR count). The van der Waals surface area contributed by atoms with Crippen molar-refractivity contribution < 1.29 is 104 Å². The molecule has 0 saturated carbocycles. The first kappa shape index (κ1) is 30.3. The van der Waals surface area contributed by atoms with Crippen LogP contribution in [0.25, 0.3) is 0 Å². The minimum Gasteiger partial charge on any atom is -0.543 e. The number of carbonyl (C=O) groups is 2. The van der Waals surface area contributed by atoms with Crippen molar-refractivity contribution in [3.63, 3.8) is 0 Å². The number of rotatable bonds is 0. The van der Waals surface area contributed by atoms with E-state index in [0.29, 0.717) is 0 Å². The molecule has 0 saturated heterocycles. The molecule has 0 radical (unpaired) electrons. The smallest absolute Gasteiger partial charge is 0.543 e. The molecule has 10 heavy (non-hydrogen) atoms. The van der Waals surface area contributed by atoms with Gasteiger partial charge in [-0.15, -0.1) is 0 Å². The standard InChI is InChI=1S/C2H2O4.K.2H2O.Ti/c3-1(4)2(5)6;;;;/h(H,3,4)(H,5,6);;2*1H2;/q;+1;;;+4/p-2. The number of aliphatic carboxylic acids is 2. The van der Waals surface area contributed by atoms with E-state index in [-0.39, 0.29) is 84.1 Å². The fraction of sp³-hybridized carbons (Fsp3) is 0. The zero-order valence-corrected chi connectivity index (χ0v) is 9.82. The molecule has 0 aromatic carbocycles. The van der Waals surface area contributed by atoms with Crippen LogP contribution in [0.3, 0.4) is 0 Å². The summed E-state index contributed by atoms with van der Waals surface area (Å²) in [5, 5.41) is 17.9. The Bertz CT molecular complexity index is 81.7. The van der Waals surface area contributed by atoms with E-state index >= 15 is 0 Å². The molecule has 0 amide bonds. The summed E-state index contributed by atoms with van der Waals surface area (Å²) in [7, 11) is 0. The summed E-state index contributed by atoms with van der Waals surface area (Å²) in [6.45, 7) is 0. The third-order valence-electron chi connectivity index (χ3n) is 0.167. The van der Waals surface area contributed by atoms with Gasteiger partial charge in [-0.2, -0.15) is 0 Å². The molecule has 0 fully saturated rings. The van der Waals surface area contributed by atoms with Crippen LogP contribution in [0.5, 0.6) is 0 Å². The molecule has 0 aliphatic heterocycles. The molecule has 0 aromatic rings. The fourth-order valence-electron chi connectivity index (χ4n) is 0. The van der Waals surface area contributed by atoms with Gasteiger partial charge in [-0.05, 0) is 0 Å². The number of hydrogen-bond acceptors (Lipinski definition) is 4. The van der Waals surface area contributed by atoms with Gasteiger partial charge in [0.15, 0.2) is 0 Å². The van der Waals surface area contributed by atoms with Crippen LogP contribution < -0.4 is 61.6 Å². The largest absolute Gasteiger partial charge is 4.00 e. The third kappa shape index (κ3) is 22.9. The van der Waals surface area contributed by atoms with Crippen LogP contribution in [0.4, 0.5) is 0 Å². The predicted octanol–water partition coefficient (Wildman–Crippen LogP) is -8.16. The second kappa shape index (κ2) is 16.7. The molecule has 4 N–H and O–H groups in total. The molecule has 50 valence electrons. The number of carboxylic acids is 2. The van der Waals surface area contributed by atoms with Gasteiger partial charge in [-0.3, -0.25) is 0 Å². The Labute approximate surface area is 114 Å². The maximum absolute atomic E-state index is 8.93. The maximum atomic E-state index is 8.93. The van der Waals surface area contributed by atoms with E-state index < -0.39 is 11.9 Å². The van der Waals surface area contributed by atoms with E-state index in [1.807, 2.05) is 0 Å². The minimum atomic E-state index is -2.19. The SMILES string of the molecule is O.O.O=C([O-])C(=O)[O-].[K+].[Ti+4]. The topological polar surface area (TPSA) is 143 Å². The van der Waals surface area contributed by atoms with Crippen LogP contribution in [-0.4, -0.2) is 22.9 Å². The van der Waals surface area contributed by atoms with Gasteiger partial charge in [0.2, 0.25) is 0 Å². The normalized spacial score (nSPS) is 4.40. The van der Waals surface area contributed by atoms with Gasteiger partial charge in [-0.25, -0.2) is 0 Å². The van der Waals surface area contributed by atoms with Crippen molar-refractivity contribution in [3.8, 4) is 0 Å². The average molecular weight is 211 g/mol. The molecule has 0 aliphatic rings. The quantitative estimate of drug-likeness (QED) is 0.289. The predicted molar refractivity (Wildman–Crippen MR) is 17.2 cm³/mol. The van der Waals surface area contributed by atoms with Crippen LogP contribution >= 0.6 is 0 Å². The Morgan fingerprint density at radius 1 is 0.900 bits per heavy atom. The first-order valence-corrected chi connectivity index (χ1v) is 1.07. The summed E-state index contributed by atoms with van der Waals surface area (Å²) in [6.07, 6.45) is 0. The molecule has 0 bridgehead atoms. The second-order valence-electron chi connectivity index (χ2n) is 0.575. The van der Waals surface area contributed by atoms with Gasteiger partial charge in [0.25, 0.3) is 0 Å². The first-order valence-electron chi connectivity index (χ1n) is 1.07. The first-order chi connectivity index (χ1) is 2.64. The molecule has 6 nitrogen and oxygen atoms in total. The van der Waals surface area contributed by atoms with Crippen molar-refractivity contribution in [3.05, 3.63) is 0 Å². The van der Waals surface area contributed by atoms with E-state index in [1.54, 1.807) is 0 Å². The summed E-state index contributed by atoms with van der Waals surface area (Å²) < 4.78 is 0. The second-order valence-corrected chi connectivity index (χ2v) is 0.575. The van der Waals surface area contributed by atoms with Crippen molar-refractivity contribution >= 4 is 11.9 Å². The van der Waals surface area contributed by atoms with E-state index in [1.165, 1.54) is 0 Å². The zero-order valence-electron chi connectivity index (χ0n) is 5.13. The van der Waals surface area contributed by atoms with E-state index in [4.69, 9.17) is 19.8 Å². The number of carbonyl (C=O) groups excluding carboxylic acids is 2. The van der Waals surface area contributed by atoms with Crippen LogP contribution in [0.1, 0.15) is 0 Å². The maximum Gasteiger partial charge on any atom is 4.00 e. The van der Waals surface area contributed by atoms with Crippen LogP contribution in [-0.2, 0) is 31.3 Å². The fourth-order valence-corrected chi connectivity index (χ4v) is 0. The monoisotopic (exact) mass is 211 g/mol. The molecule has 0 unspecified atom stereocenters. The van der Waals surface area contributed by atoms with Crippen LogP contribution in [0.15, 0.2) is 0 Å². The average Bonchev–Trinajstić information content (AvgIpc) is 1.36. The molecule has 8 heteroatoms. The van der Waals surface area contributed by atoms with Gasteiger partial charge in [0.05, 0.1) is 11.9 Å². The van der Waals surface area contributed by atoms with E-state index in [0.717, 1.165) is 0 Å². The van der Waals surface area contributed by atoms with Crippen molar-refractivity contribution in [2.24, 2.45) is 0 Å². The van der Waals surface area contributed by atoms with E-state index in [9.17, 15) is 0 Å². The van der Waals surface area contributed by atoms with E-state index in [2.05, 4.69) is 0 Å².